The lowest BCUT2D eigenvalue weighted by Crippen LogP contribution is -2.37. The van der Waals surface area contributed by atoms with Gasteiger partial charge in [-0.05, 0) is 38.5 Å². The molecule has 3 nitrogen and oxygen atoms in total. The molecule has 1 aromatic carbocycles. The Bertz CT molecular complexity index is 411. The van der Waals surface area contributed by atoms with Crippen LogP contribution < -0.4 is 15.0 Å². The van der Waals surface area contributed by atoms with Crippen molar-refractivity contribution in [2.75, 3.05) is 25.1 Å². The van der Waals surface area contributed by atoms with Crippen molar-refractivity contribution in [3.05, 3.63) is 23.2 Å². The second kappa shape index (κ2) is 5.81. The van der Waals surface area contributed by atoms with E-state index in [1.54, 1.807) is 7.11 Å². The van der Waals surface area contributed by atoms with Crippen molar-refractivity contribution in [3.63, 3.8) is 0 Å². The number of benzene rings is 1. The van der Waals surface area contributed by atoms with E-state index in [4.69, 9.17) is 16.3 Å². The van der Waals surface area contributed by atoms with Crippen LogP contribution in [0.2, 0.25) is 5.02 Å². The number of ether oxygens (including phenoxy) is 1. The molecule has 2 rings (SSSR count). The van der Waals surface area contributed by atoms with Crippen LogP contribution in [0.3, 0.4) is 0 Å². The third-order valence-electron chi connectivity index (χ3n) is 3.40. The maximum atomic E-state index is 6.19. The van der Waals surface area contributed by atoms with Crippen molar-refractivity contribution in [1.82, 2.24) is 5.32 Å². The van der Waals surface area contributed by atoms with E-state index in [2.05, 4.69) is 30.1 Å². The number of hydrogen-bond donors (Lipinski definition) is 1. The van der Waals surface area contributed by atoms with Gasteiger partial charge in [-0.1, -0.05) is 11.6 Å². The number of nitrogens with one attached hydrogen (secondary N) is 1. The molecule has 1 saturated heterocycles. The summed E-state index contributed by atoms with van der Waals surface area (Å²) < 4.78 is 5.19. The van der Waals surface area contributed by atoms with Crippen LogP contribution in [0.15, 0.2) is 18.2 Å². The van der Waals surface area contributed by atoms with Crippen molar-refractivity contribution >= 4 is 17.3 Å². The van der Waals surface area contributed by atoms with E-state index in [1.807, 2.05) is 12.1 Å². The molecule has 1 aromatic rings. The predicted octanol–water partition coefficient (Wildman–Crippen LogP) is 2.93. The number of methoxy groups -OCH3 is 1. The molecule has 1 N–H and O–H groups in total. The van der Waals surface area contributed by atoms with Gasteiger partial charge in [-0.15, -0.1) is 0 Å². The standard InChI is InChI=1S/C14H21ClN2O/c1-10-6-7-17(9-11(2)16-10)12-4-5-14(18-3)13(15)8-12/h4-5,8,10-11,16H,6-7,9H2,1-3H3. The minimum atomic E-state index is 0.489. The third kappa shape index (κ3) is 3.09. The normalized spacial score (nSPS) is 24.8. The van der Waals surface area contributed by atoms with Crippen LogP contribution in [0.25, 0.3) is 0 Å². The van der Waals surface area contributed by atoms with Gasteiger partial charge < -0.3 is 15.0 Å². The topological polar surface area (TPSA) is 24.5 Å². The monoisotopic (exact) mass is 268 g/mol. The molecule has 0 bridgehead atoms. The highest BCUT2D eigenvalue weighted by Gasteiger charge is 2.19. The molecule has 0 amide bonds. The van der Waals surface area contributed by atoms with Gasteiger partial charge in [-0.2, -0.15) is 0 Å². The summed E-state index contributed by atoms with van der Waals surface area (Å²) in [7, 11) is 1.64. The molecule has 0 aliphatic carbocycles. The Morgan fingerprint density at radius 1 is 1.33 bits per heavy atom. The number of rotatable bonds is 2. The quantitative estimate of drug-likeness (QED) is 0.893. The van der Waals surface area contributed by atoms with Gasteiger partial charge >= 0.3 is 0 Å². The van der Waals surface area contributed by atoms with Crippen LogP contribution >= 0.6 is 11.6 Å². The maximum absolute atomic E-state index is 6.19. The fourth-order valence-corrected chi connectivity index (χ4v) is 2.73. The molecule has 1 heterocycles. The van der Waals surface area contributed by atoms with Crippen molar-refractivity contribution in [2.24, 2.45) is 0 Å². The first kappa shape index (κ1) is 13.5. The van der Waals surface area contributed by atoms with Crippen LogP contribution in [0.5, 0.6) is 5.75 Å². The van der Waals surface area contributed by atoms with Gasteiger partial charge in [0.05, 0.1) is 12.1 Å². The zero-order valence-electron chi connectivity index (χ0n) is 11.2. The van der Waals surface area contributed by atoms with Crippen molar-refractivity contribution in [3.8, 4) is 5.75 Å². The molecule has 1 fully saturated rings. The Morgan fingerprint density at radius 2 is 2.11 bits per heavy atom. The molecule has 1 aliphatic heterocycles. The number of anilines is 1. The molecular weight excluding hydrogens is 248 g/mol. The Kier molecular flexibility index (Phi) is 4.36. The first-order valence-electron chi connectivity index (χ1n) is 6.44. The minimum Gasteiger partial charge on any atom is -0.495 e. The summed E-state index contributed by atoms with van der Waals surface area (Å²) in [6.45, 7) is 6.52. The summed E-state index contributed by atoms with van der Waals surface area (Å²) in [6.07, 6.45) is 1.15. The molecular formula is C14H21ClN2O. The van der Waals surface area contributed by atoms with Gasteiger partial charge in [0.25, 0.3) is 0 Å². The summed E-state index contributed by atoms with van der Waals surface area (Å²) in [5.41, 5.74) is 1.17. The van der Waals surface area contributed by atoms with E-state index in [0.717, 1.165) is 25.3 Å². The zero-order valence-corrected chi connectivity index (χ0v) is 12.0. The van der Waals surface area contributed by atoms with Crippen molar-refractivity contribution in [2.45, 2.75) is 32.4 Å². The average molecular weight is 269 g/mol. The Labute approximate surface area is 114 Å². The molecule has 100 valence electrons. The molecule has 1 aliphatic rings. The molecule has 2 unspecified atom stereocenters. The van der Waals surface area contributed by atoms with Crippen LogP contribution in [-0.4, -0.2) is 32.3 Å². The predicted molar refractivity (Wildman–Crippen MR) is 76.9 cm³/mol. The lowest BCUT2D eigenvalue weighted by atomic mass is 10.2. The lowest BCUT2D eigenvalue weighted by molar-refractivity contribution is 0.415. The van der Waals surface area contributed by atoms with Crippen LogP contribution in [0.4, 0.5) is 5.69 Å². The highest BCUT2D eigenvalue weighted by Crippen LogP contribution is 2.29. The molecule has 0 aromatic heterocycles. The summed E-state index contributed by atoms with van der Waals surface area (Å²) in [5.74, 6) is 0.731. The molecule has 2 atom stereocenters. The van der Waals surface area contributed by atoms with Gasteiger partial charge in [-0.3, -0.25) is 0 Å². The van der Waals surface area contributed by atoms with Crippen LogP contribution in [-0.2, 0) is 0 Å². The first-order chi connectivity index (χ1) is 8.60. The molecule has 4 heteroatoms. The second-order valence-electron chi connectivity index (χ2n) is 5.02. The van der Waals surface area contributed by atoms with Gasteiger partial charge in [0.1, 0.15) is 5.75 Å². The Hall–Kier alpha value is -0.930. The Balaban J connectivity index is 2.17. The fraction of sp³-hybridized carbons (Fsp3) is 0.571. The van der Waals surface area contributed by atoms with Crippen LogP contribution in [0.1, 0.15) is 20.3 Å². The van der Waals surface area contributed by atoms with Crippen LogP contribution in [0, 0.1) is 0 Å². The van der Waals surface area contributed by atoms with Crippen molar-refractivity contribution in [1.29, 1.82) is 0 Å². The smallest absolute Gasteiger partial charge is 0.137 e. The van der Waals surface area contributed by atoms with Crippen molar-refractivity contribution < 1.29 is 4.74 Å². The fourth-order valence-electron chi connectivity index (χ4n) is 2.48. The van der Waals surface area contributed by atoms with Gasteiger partial charge in [-0.25, -0.2) is 0 Å². The minimum absolute atomic E-state index is 0.489. The third-order valence-corrected chi connectivity index (χ3v) is 3.69. The molecule has 0 radical (unpaired) electrons. The molecule has 0 saturated carbocycles. The van der Waals surface area contributed by atoms with E-state index >= 15 is 0 Å². The van der Waals surface area contributed by atoms with E-state index in [-0.39, 0.29) is 0 Å². The average Bonchev–Trinajstić information content (AvgIpc) is 2.50. The summed E-state index contributed by atoms with van der Waals surface area (Å²) in [6, 6.07) is 7.06. The van der Waals surface area contributed by atoms with E-state index in [1.165, 1.54) is 5.69 Å². The van der Waals surface area contributed by atoms with E-state index < -0.39 is 0 Å². The number of halogens is 1. The van der Waals surface area contributed by atoms with Gasteiger partial charge in [0, 0.05) is 30.9 Å². The second-order valence-corrected chi connectivity index (χ2v) is 5.43. The largest absolute Gasteiger partial charge is 0.495 e. The molecule has 18 heavy (non-hydrogen) atoms. The summed E-state index contributed by atoms with van der Waals surface area (Å²) in [5, 5.41) is 4.25. The SMILES string of the molecule is COc1ccc(N2CCC(C)NC(C)C2)cc1Cl. The molecule has 0 spiro atoms. The lowest BCUT2D eigenvalue weighted by Gasteiger charge is -2.25. The van der Waals surface area contributed by atoms with Gasteiger partial charge in [0.2, 0.25) is 0 Å². The Morgan fingerprint density at radius 3 is 2.78 bits per heavy atom. The highest BCUT2D eigenvalue weighted by atomic mass is 35.5. The first-order valence-corrected chi connectivity index (χ1v) is 6.82. The summed E-state index contributed by atoms with van der Waals surface area (Å²) in [4.78, 5) is 2.38. The zero-order chi connectivity index (χ0) is 13.1. The maximum Gasteiger partial charge on any atom is 0.137 e. The summed E-state index contributed by atoms with van der Waals surface area (Å²) >= 11 is 6.19. The van der Waals surface area contributed by atoms with Gasteiger partial charge in [0.15, 0.2) is 0 Å². The number of nitrogens with zero attached hydrogens (tertiary/aromatic N) is 1. The highest BCUT2D eigenvalue weighted by molar-refractivity contribution is 6.32. The number of hydrogen-bond acceptors (Lipinski definition) is 3. The van der Waals surface area contributed by atoms with E-state index in [9.17, 15) is 0 Å². The van der Waals surface area contributed by atoms with E-state index in [0.29, 0.717) is 17.1 Å².